The van der Waals surface area contributed by atoms with Crippen LogP contribution in [0, 0.1) is 0 Å². The second-order valence-electron chi connectivity index (χ2n) is 6.35. The Morgan fingerprint density at radius 2 is 1.63 bits per heavy atom. The van der Waals surface area contributed by atoms with Gasteiger partial charge in [0.25, 0.3) is 0 Å². The third-order valence-corrected chi connectivity index (χ3v) is 5.92. The molecule has 1 amide bonds. The molecule has 0 aliphatic heterocycles. The quantitative estimate of drug-likeness (QED) is 0.613. The highest BCUT2D eigenvalue weighted by molar-refractivity contribution is 8.00. The largest absolute Gasteiger partial charge is 0.372 e. The van der Waals surface area contributed by atoms with Crippen LogP contribution in [-0.2, 0) is 11.8 Å². The number of hydrogen-bond donors (Lipinski definition) is 0. The van der Waals surface area contributed by atoms with E-state index in [1.165, 1.54) is 17.4 Å². The van der Waals surface area contributed by atoms with Crippen LogP contribution in [0.25, 0.3) is 11.4 Å². The van der Waals surface area contributed by atoms with E-state index in [-0.39, 0.29) is 11.2 Å². The highest BCUT2D eigenvalue weighted by atomic mass is 32.2. The van der Waals surface area contributed by atoms with Gasteiger partial charge in [-0.25, -0.2) is 0 Å². The van der Waals surface area contributed by atoms with E-state index in [1.807, 2.05) is 37.3 Å². The van der Waals surface area contributed by atoms with Gasteiger partial charge in [-0.2, -0.15) is 0 Å². The van der Waals surface area contributed by atoms with Gasteiger partial charge in [0.05, 0.1) is 5.25 Å². The highest BCUT2D eigenvalue weighted by Gasteiger charge is 2.22. The number of anilines is 1. The lowest BCUT2D eigenvalue weighted by Crippen LogP contribution is -2.36. The molecule has 1 heterocycles. The molecule has 0 saturated carbocycles. The summed E-state index contributed by atoms with van der Waals surface area (Å²) in [4.78, 5) is 16.7. The number of carbonyl (C=O) groups excluding carboxylic acids is 1. The second-order valence-corrected chi connectivity index (χ2v) is 7.66. The lowest BCUT2D eigenvalue weighted by Gasteiger charge is -2.22. The summed E-state index contributed by atoms with van der Waals surface area (Å²) in [6.07, 6.45) is 0. The predicted molar refractivity (Wildman–Crippen MR) is 113 cm³/mol. The molecule has 6 nitrogen and oxygen atoms in total. The minimum Gasteiger partial charge on any atom is -0.372 e. The number of carbonyl (C=O) groups is 1. The van der Waals surface area contributed by atoms with Crippen molar-refractivity contribution in [3.63, 3.8) is 0 Å². The molecule has 27 heavy (non-hydrogen) atoms. The molecule has 0 fully saturated rings. The van der Waals surface area contributed by atoms with Gasteiger partial charge in [-0.3, -0.25) is 4.79 Å². The summed E-state index contributed by atoms with van der Waals surface area (Å²) in [6, 6.07) is 8.40. The van der Waals surface area contributed by atoms with Crippen LogP contribution in [-0.4, -0.2) is 57.0 Å². The van der Waals surface area contributed by atoms with Crippen LogP contribution in [0.15, 0.2) is 29.4 Å². The number of thioether (sulfide) groups is 1. The molecular weight excluding hydrogens is 358 g/mol. The van der Waals surface area contributed by atoms with Crippen molar-refractivity contribution in [2.45, 2.75) is 45.0 Å². The molecule has 0 N–H and O–H groups in total. The van der Waals surface area contributed by atoms with E-state index in [0.717, 1.165) is 42.7 Å². The Hall–Kier alpha value is -2.02. The smallest absolute Gasteiger partial charge is 0.235 e. The van der Waals surface area contributed by atoms with Crippen LogP contribution < -0.4 is 4.90 Å². The van der Waals surface area contributed by atoms with E-state index in [0.29, 0.717) is 0 Å². The predicted octanol–water partition coefficient (Wildman–Crippen LogP) is 3.68. The van der Waals surface area contributed by atoms with E-state index < -0.39 is 0 Å². The van der Waals surface area contributed by atoms with Gasteiger partial charge in [0.1, 0.15) is 0 Å². The first-order valence-electron chi connectivity index (χ1n) is 9.66. The van der Waals surface area contributed by atoms with Crippen molar-refractivity contribution in [1.29, 1.82) is 0 Å². The Balaban J connectivity index is 2.16. The Morgan fingerprint density at radius 1 is 1.04 bits per heavy atom. The zero-order valence-corrected chi connectivity index (χ0v) is 18.1. The molecule has 0 spiro atoms. The van der Waals surface area contributed by atoms with Gasteiger partial charge in [0, 0.05) is 44.5 Å². The van der Waals surface area contributed by atoms with Crippen LogP contribution in [0.4, 0.5) is 5.69 Å². The average Bonchev–Trinajstić information content (AvgIpc) is 3.04. The number of aromatic nitrogens is 3. The molecule has 1 aromatic heterocycles. The monoisotopic (exact) mass is 389 g/mol. The minimum atomic E-state index is -0.189. The lowest BCUT2D eigenvalue weighted by molar-refractivity contribution is -0.129. The maximum atomic E-state index is 12.5. The normalized spacial score (nSPS) is 12.1. The van der Waals surface area contributed by atoms with E-state index in [1.54, 1.807) is 0 Å². The average molecular weight is 390 g/mol. The molecule has 0 bridgehead atoms. The number of amides is 1. The molecule has 0 radical (unpaired) electrons. The molecule has 2 rings (SSSR count). The van der Waals surface area contributed by atoms with E-state index in [2.05, 4.69) is 53.2 Å². The fourth-order valence-electron chi connectivity index (χ4n) is 3.08. The van der Waals surface area contributed by atoms with Crippen molar-refractivity contribution < 1.29 is 4.79 Å². The number of nitrogens with zero attached hydrogens (tertiary/aromatic N) is 5. The number of hydrogen-bond acceptors (Lipinski definition) is 5. The van der Waals surface area contributed by atoms with Crippen molar-refractivity contribution in [2.24, 2.45) is 7.05 Å². The Kier molecular flexibility index (Phi) is 7.71. The van der Waals surface area contributed by atoms with Gasteiger partial charge in [0.15, 0.2) is 11.0 Å². The molecule has 1 aromatic carbocycles. The van der Waals surface area contributed by atoms with Crippen molar-refractivity contribution in [3.8, 4) is 11.4 Å². The molecule has 148 valence electrons. The summed E-state index contributed by atoms with van der Waals surface area (Å²) in [5, 5.41) is 9.23. The molecule has 2 aromatic rings. The Morgan fingerprint density at radius 3 is 2.15 bits per heavy atom. The maximum absolute atomic E-state index is 12.5. The summed E-state index contributed by atoms with van der Waals surface area (Å²) < 4.78 is 1.96. The van der Waals surface area contributed by atoms with Crippen molar-refractivity contribution in [1.82, 2.24) is 19.7 Å². The molecule has 0 aliphatic rings. The third kappa shape index (κ3) is 4.83. The van der Waals surface area contributed by atoms with E-state index >= 15 is 0 Å². The fourth-order valence-corrected chi connectivity index (χ4v) is 3.98. The summed E-state index contributed by atoms with van der Waals surface area (Å²) in [7, 11) is 1.95. The maximum Gasteiger partial charge on any atom is 0.235 e. The van der Waals surface area contributed by atoms with Gasteiger partial charge in [-0.15, -0.1) is 10.2 Å². The summed E-state index contributed by atoms with van der Waals surface area (Å²) in [6.45, 7) is 13.7. The van der Waals surface area contributed by atoms with Gasteiger partial charge < -0.3 is 14.4 Å². The summed E-state index contributed by atoms with van der Waals surface area (Å²) >= 11 is 1.46. The summed E-state index contributed by atoms with van der Waals surface area (Å²) in [5.74, 6) is 0.948. The molecule has 1 atom stereocenters. The molecule has 1 unspecified atom stereocenters. The Labute approximate surface area is 166 Å². The van der Waals surface area contributed by atoms with Crippen LogP contribution in [0.1, 0.15) is 34.6 Å². The second kappa shape index (κ2) is 9.78. The van der Waals surface area contributed by atoms with Gasteiger partial charge in [0.2, 0.25) is 5.91 Å². The van der Waals surface area contributed by atoms with Crippen LogP contribution in [0.3, 0.4) is 0 Å². The highest BCUT2D eigenvalue weighted by Crippen LogP contribution is 2.27. The first kappa shape index (κ1) is 21.3. The standard InChI is InChI=1S/C20H31N5OS/c1-7-24(8-2)17-13-11-16(12-14-17)18-21-22-20(23(18)6)27-15(5)19(26)25(9-3)10-4/h11-15H,7-10H2,1-6H3. The first-order valence-corrected chi connectivity index (χ1v) is 10.5. The molecule has 7 heteroatoms. The van der Waals surface area contributed by atoms with Crippen molar-refractivity contribution in [2.75, 3.05) is 31.1 Å². The van der Waals surface area contributed by atoms with Crippen LogP contribution in [0.5, 0.6) is 0 Å². The topological polar surface area (TPSA) is 54.3 Å². The van der Waals surface area contributed by atoms with E-state index in [9.17, 15) is 4.79 Å². The third-order valence-electron chi connectivity index (χ3n) is 4.79. The molecule has 0 aliphatic carbocycles. The number of rotatable bonds is 9. The Bertz CT molecular complexity index is 735. The zero-order chi connectivity index (χ0) is 20.0. The van der Waals surface area contributed by atoms with E-state index in [4.69, 9.17) is 0 Å². The minimum absolute atomic E-state index is 0.137. The first-order chi connectivity index (χ1) is 13.0. The zero-order valence-electron chi connectivity index (χ0n) is 17.3. The van der Waals surface area contributed by atoms with Gasteiger partial charge in [-0.1, -0.05) is 11.8 Å². The molecular formula is C20H31N5OS. The van der Waals surface area contributed by atoms with Crippen molar-refractivity contribution >= 4 is 23.4 Å². The SMILES string of the molecule is CCN(CC)C(=O)C(C)Sc1nnc(-c2ccc(N(CC)CC)cc2)n1C. The lowest BCUT2D eigenvalue weighted by atomic mass is 10.2. The fraction of sp³-hybridized carbons (Fsp3) is 0.550. The van der Waals surface area contributed by atoms with Gasteiger partial charge >= 0.3 is 0 Å². The summed E-state index contributed by atoms with van der Waals surface area (Å²) in [5.41, 5.74) is 2.23. The molecule has 0 saturated heterocycles. The van der Waals surface area contributed by atoms with Crippen LogP contribution in [0.2, 0.25) is 0 Å². The van der Waals surface area contributed by atoms with Gasteiger partial charge in [-0.05, 0) is 58.9 Å². The van der Waals surface area contributed by atoms with Crippen molar-refractivity contribution in [3.05, 3.63) is 24.3 Å². The van der Waals surface area contributed by atoms with Crippen LogP contribution >= 0.6 is 11.8 Å². The number of benzene rings is 1.